The van der Waals surface area contributed by atoms with Crippen molar-refractivity contribution in [3.63, 3.8) is 0 Å². The largest absolute Gasteiger partial charge is 0.344 e. The van der Waals surface area contributed by atoms with Gasteiger partial charge in [-0.15, -0.1) is 0 Å². The SMILES string of the molecule is Cc1ccc(-n2nc(-c3ccc([N+](=O)[O-])cc3)cc2C(=O)NC(C)c2ccccc2)c(C)c1. The molecule has 166 valence electrons. The molecule has 0 aliphatic carbocycles. The summed E-state index contributed by atoms with van der Waals surface area (Å²) in [7, 11) is 0. The lowest BCUT2D eigenvalue weighted by molar-refractivity contribution is -0.384. The van der Waals surface area contributed by atoms with Crippen LogP contribution in [0.3, 0.4) is 0 Å². The third-order valence-corrected chi connectivity index (χ3v) is 5.54. The van der Waals surface area contributed by atoms with Gasteiger partial charge < -0.3 is 5.32 Å². The number of carbonyl (C=O) groups excluding carboxylic acids is 1. The van der Waals surface area contributed by atoms with Crippen LogP contribution in [0.15, 0.2) is 78.9 Å². The summed E-state index contributed by atoms with van der Waals surface area (Å²) in [6, 6.07) is 23.4. The molecule has 7 heteroatoms. The lowest BCUT2D eigenvalue weighted by Crippen LogP contribution is -2.28. The van der Waals surface area contributed by atoms with Gasteiger partial charge in [-0.1, -0.05) is 48.0 Å². The minimum Gasteiger partial charge on any atom is -0.344 e. The third-order valence-electron chi connectivity index (χ3n) is 5.54. The van der Waals surface area contributed by atoms with Crippen LogP contribution in [0.2, 0.25) is 0 Å². The van der Waals surface area contributed by atoms with E-state index in [2.05, 4.69) is 5.32 Å². The van der Waals surface area contributed by atoms with Gasteiger partial charge in [-0.3, -0.25) is 14.9 Å². The van der Waals surface area contributed by atoms with E-state index in [0.717, 1.165) is 22.4 Å². The van der Waals surface area contributed by atoms with Gasteiger partial charge in [0.1, 0.15) is 5.69 Å². The Hall–Kier alpha value is -4.26. The molecule has 1 heterocycles. The zero-order valence-corrected chi connectivity index (χ0v) is 18.6. The second kappa shape index (κ2) is 9.08. The van der Waals surface area contributed by atoms with E-state index >= 15 is 0 Å². The van der Waals surface area contributed by atoms with E-state index < -0.39 is 4.92 Å². The van der Waals surface area contributed by atoms with Crippen molar-refractivity contribution in [3.05, 3.63) is 111 Å². The normalized spacial score (nSPS) is 11.7. The van der Waals surface area contributed by atoms with Gasteiger partial charge >= 0.3 is 0 Å². The summed E-state index contributed by atoms with van der Waals surface area (Å²) in [5, 5.41) is 18.8. The Morgan fingerprint density at radius 3 is 2.33 bits per heavy atom. The van der Waals surface area contributed by atoms with Crippen molar-refractivity contribution in [2.75, 3.05) is 0 Å². The number of aryl methyl sites for hydroxylation is 2. The minimum atomic E-state index is -0.443. The van der Waals surface area contributed by atoms with E-state index in [0.29, 0.717) is 17.0 Å². The van der Waals surface area contributed by atoms with Crippen LogP contribution >= 0.6 is 0 Å². The highest BCUT2D eigenvalue weighted by Crippen LogP contribution is 2.26. The summed E-state index contributed by atoms with van der Waals surface area (Å²) >= 11 is 0. The van der Waals surface area contributed by atoms with Crippen LogP contribution < -0.4 is 5.32 Å². The molecule has 7 nitrogen and oxygen atoms in total. The predicted molar refractivity (Wildman–Crippen MR) is 127 cm³/mol. The number of rotatable bonds is 6. The maximum Gasteiger partial charge on any atom is 0.270 e. The molecule has 1 amide bonds. The van der Waals surface area contributed by atoms with Crippen LogP contribution in [0.1, 0.15) is 40.1 Å². The van der Waals surface area contributed by atoms with E-state index in [-0.39, 0.29) is 17.6 Å². The lowest BCUT2D eigenvalue weighted by atomic mass is 10.1. The summed E-state index contributed by atoms with van der Waals surface area (Å²) < 4.78 is 1.64. The Labute approximate surface area is 191 Å². The molecule has 0 radical (unpaired) electrons. The number of aromatic nitrogens is 2. The number of benzene rings is 3. The highest BCUT2D eigenvalue weighted by molar-refractivity contribution is 5.94. The van der Waals surface area contributed by atoms with Crippen molar-refractivity contribution in [1.82, 2.24) is 15.1 Å². The van der Waals surface area contributed by atoms with Crippen molar-refractivity contribution in [3.8, 4) is 16.9 Å². The van der Waals surface area contributed by atoms with Crippen molar-refractivity contribution in [2.45, 2.75) is 26.8 Å². The molecule has 1 atom stereocenters. The van der Waals surface area contributed by atoms with E-state index in [1.165, 1.54) is 12.1 Å². The fourth-order valence-corrected chi connectivity index (χ4v) is 3.76. The van der Waals surface area contributed by atoms with Gasteiger partial charge in [0.05, 0.1) is 22.3 Å². The first-order valence-corrected chi connectivity index (χ1v) is 10.6. The number of nitro groups is 1. The maximum absolute atomic E-state index is 13.3. The second-order valence-corrected chi connectivity index (χ2v) is 8.03. The monoisotopic (exact) mass is 440 g/mol. The number of nitrogens with one attached hydrogen (secondary N) is 1. The van der Waals surface area contributed by atoms with E-state index in [9.17, 15) is 14.9 Å². The van der Waals surface area contributed by atoms with Gasteiger partial charge in [-0.2, -0.15) is 5.10 Å². The molecule has 0 bridgehead atoms. The molecule has 0 saturated heterocycles. The number of nitro benzene ring substituents is 1. The molecule has 4 aromatic rings. The van der Waals surface area contributed by atoms with Gasteiger partial charge in [0.15, 0.2) is 0 Å². The number of nitrogens with zero attached hydrogens (tertiary/aromatic N) is 3. The average molecular weight is 441 g/mol. The van der Waals surface area contributed by atoms with Crippen molar-refractivity contribution >= 4 is 11.6 Å². The van der Waals surface area contributed by atoms with Gasteiger partial charge in [0, 0.05) is 17.7 Å². The summed E-state index contributed by atoms with van der Waals surface area (Å²) in [4.78, 5) is 23.9. The van der Waals surface area contributed by atoms with Crippen LogP contribution in [0, 0.1) is 24.0 Å². The van der Waals surface area contributed by atoms with Gasteiger partial charge in [0.25, 0.3) is 11.6 Å². The minimum absolute atomic E-state index is 0.00205. The molecule has 1 aromatic heterocycles. The van der Waals surface area contributed by atoms with Crippen molar-refractivity contribution < 1.29 is 9.72 Å². The van der Waals surface area contributed by atoms with Crippen molar-refractivity contribution in [2.24, 2.45) is 0 Å². The number of amides is 1. The second-order valence-electron chi connectivity index (χ2n) is 8.03. The molecule has 1 unspecified atom stereocenters. The highest BCUT2D eigenvalue weighted by atomic mass is 16.6. The Morgan fingerprint density at radius 2 is 1.70 bits per heavy atom. The Balaban J connectivity index is 1.75. The molecule has 3 aromatic carbocycles. The van der Waals surface area contributed by atoms with Crippen molar-refractivity contribution in [1.29, 1.82) is 0 Å². The van der Waals surface area contributed by atoms with Gasteiger partial charge in [0.2, 0.25) is 0 Å². The summed E-state index contributed by atoms with van der Waals surface area (Å²) in [6.07, 6.45) is 0. The molecule has 4 rings (SSSR count). The first-order valence-electron chi connectivity index (χ1n) is 10.6. The Bertz CT molecular complexity index is 1310. The first kappa shape index (κ1) is 22.0. The molecule has 0 fully saturated rings. The molecule has 0 aliphatic heterocycles. The van der Waals surface area contributed by atoms with E-state index in [1.807, 2.05) is 69.3 Å². The van der Waals surface area contributed by atoms with Crippen LogP contribution in [0.25, 0.3) is 16.9 Å². The quantitative estimate of drug-likeness (QED) is 0.314. The zero-order valence-electron chi connectivity index (χ0n) is 18.6. The molecular formula is C26H24N4O3. The number of hydrogen-bond donors (Lipinski definition) is 1. The molecule has 0 spiro atoms. The van der Waals surface area contributed by atoms with E-state index in [1.54, 1.807) is 22.9 Å². The molecule has 1 N–H and O–H groups in total. The van der Waals surface area contributed by atoms with E-state index in [4.69, 9.17) is 5.10 Å². The number of non-ortho nitro benzene ring substituents is 1. The molecule has 0 aliphatic rings. The predicted octanol–water partition coefficient (Wildman–Crippen LogP) is 5.56. The average Bonchev–Trinajstić information content (AvgIpc) is 3.25. The summed E-state index contributed by atoms with van der Waals surface area (Å²) in [6.45, 7) is 5.92. The third kappa shape index (κ3) is 4.67. The lowest BCUT2D eigenvalue weighted by Gasteiger charge is -2.15. The van der Waals surface area contributed by atoms with Gasteiger partial charge in [-0.25, -0.2) is 4.68 Å². The molecule has 0 saturated carbocycles. The summed E-state index contributed by atoms with van der Waals surface area (Å²) in [5.41, 5.74) is 5.53. The van der Waals surface area contributed by atoms with Crippen LogP contribution in [-0.4, -0.2) is 20.6 Å². The summed E-state index contributed by atoms with van der Waals surface area (Å²) in [5.74, 6) is -0.257. The number of hydrogen-bond acceptors (Lipinski definition) is 4. The smallest absolute Gasteiger partial charge is 0.270 e. The van der Waals surface area contributed by atoms with Gasteiger partial charge in [-0.05, 0) is 56.2 Å². The Kier molecular flexibility index (Phi) is 6.04. The fraction of sp³-hybridized carbons (Fsp3) is 0.154. The standard InChI is InChI=1S/C26H24N4O3/c1-17-9-14-24(18(2)15-17)29-25(26(31)27-19(3)20-7-5-4-6-8-20)16-23(28-29)21-10-12-22(13-11-21)30(32)33/h4-16,19H,1-3H3,(H,27,31). The zero-order chi connectivity index (χ0) is 23.5. The van der Waals surface area contributed by atoms with Crippen LogP contribution in [-0.2, 0) is 0 Å². The highest BCUT2D eigenvalue weighted by Gasteiger charge is 2.21. The first-order chi connectivity index (χ1) is 15.8. The maximum atomic E-state index is 13.3. The van der Waals surface area contributed by atoms with Crippen LogP contribution in [0.4, 0.5) is 5.69 Å². The topological polar surface area (TPSA) is 90.1 Å². The molecule has 33 heavy (non-hydrogen) atoms. The Morgan fingerprint density at radius 1 is 1.00 bits per heavy atom. The number of carbonyl (C=O) groups is 1. The molecular weight excluding hydrogens is 416 g/mol. The van der Waals surface area contributed by atoms with Crippen LogP contribution in [0.5, 0.6) is 0 Å². The fourth-order valence-electron chi connectivity index (χ4n) is 3.76.